The quantitative estimate of drug-likeness (QED) is 0.828. The molecule has 0 bridgehead atoms. The lowest BCUT2D eigenvalue weighted by Crippen LogP contribution is -2.13. The molecular weight excluding hydrogens is 230 g/mol. The molecule has 0 aromatic heterocycles. The van der Waals surface area contributed by atoms with Crippen LogP contribution < -0.4 is 5.32 Å². The monoisotopic (exact) mass is 253 g/mol. The second-order valence-electron chi connectivity index (χ2n) is 5.37. The summed E-state index contributed by atoms with van der Waals surface area (Å²) in [5.41, 5.74) is 5.35. The van der Waals surface area contributed by atoms with Crippen LogP contribution in [0.25, 0.3) is 11.1 Å². The molecule has 1 atom stereocenters. The third-order valence-electron chi connectivity index (χ3n) is 3.75. The van der Waals surface area contributed by atoms with E-state index in [4.69, 9.17) is 0 Å². The van der Waals surface area contributed by atoms with E-state index in [9.17, 15) is 0 Å². The van der Waals surface area contributed by atoms with E-state index < -0.39 is 0 Å². The van der Waals surface area contributed by atoms with Gasteiger partial charge in [-0.15, -0.1) is 0 Å². The van der Waals surface area contributed by atoms with Gasteiger partial charge in [-0.2, -0.15) is 0 Å². The molecule has 0 heterocycles. The molecule has 0 amide bonds. The van der Waals surface area contributed by atoms with Crippen LogP contribution in [0.15, 0.2) is 48.5 Å². The third kappa shape index (κ3) is 3.05. The van der Waals surface area contributed by atoms with Crippen molar-refractivity contribution in [1.29, 1.82) is 0 Å². The fraction of sp³-hybridized carbons (Fsp3) is 0.333. The fourth-order valence-electron chi connectivity index (χ4n) is 2.34. The van der Waals surface area contributed by atoms with Crippen molar-refractivity contribution in [3.63, 3.8) is 0 Å². The molecule has 2 rings (SSSR count). The van der Waals surface area contributed by atoms with Crippen LogP contribution in [0.3, 0.4) is 0 Å². The van der Waals surface area contributed by atoms with Crippen LogP contribution in [0.5, 0.6) is 0 Å². The Bertz CT molecular complexity index is 526. The van der Waals surface area contributed by atoms with Crippen molar-refractivity contribution in [2.75, 3.05) is 7.05 Å². The highest BCUT2D eigenvalue weighted by Crippen LogP contribution is 2.29. The Morgan fingerprint density at radius 1 is 0.842 bits per heavy atom. The van der Waals surface area contributed by atoms with Crippen molar-refractivity contribution in [2.24, 2.45) is 0 Å². The summed E-state index contributed by atoms with van der Waals surface area (Å²) in [5.74, 6) is 0.584. The highest BCUT2D eigenvalue weighted by molar-refractivity contribution is 5.68. The number of benzene rings is 2. The highest BCUT2D eigenvalue weighted by Gasteiger charge is 2.10. The van der Waals surface area contributed by atoms with E-state index in [1.54, 1.807) is 0 Å². The molecule has 1 nitrogen and oxygen atoms in total. The van der Waals surface area contributed by atoms with Gasteiger partial charge in [0.15, 0.2) is 0 Å². The Kier molecular flexibility index (Phi) is 4.39. The van der Waals surface area contributed by atoms with E-state index in [-0.39, 0.29) is 0 Å². The molecule has 100 valence electrons. The number of nitrogens with one attached hydrogen (secondary N) is 1. The smallest absolute Gasteiger partial charge is 0.0295 e. The van der Waals surface area contributed by atoms with Crippen molar-refractivity contribution in [1.82, 2.24) is 5.32 Å². The maximum atomic E-state index is 3.32. The van der Waals surface area contributed by atoms with Gasteiger partial charge in [0.25, 0.3) is 0 Å². The average Bonchev–Trinajstić information content (AvgIpc) is 2.46. The summed E-state index contributed by atoms with van der Waals surface area (Å²) >= 11 is 0. The summed E-state index contributed by atoms with van der Waals surface area (Å²) in [7, 11) is 2.00. The number of hydrogen-bond donors (Lipinski definition) is 1. The van der Waals surface area contributed by atoms with Crippen LogP contribution in [-0.4, -0.2) is 7.05 Å². The zero-order valence-electron chi connectivity index (χ0n) is 12.3. The van der Waals surface area contributed by atoms with Gasteiger partial charge in [-0.1, -0.05) is 62.4 Å². The van der Waals surface area contributed by atoms with Gasteiger partial charge >= 0.3 is 0 Å². The lowest BCUT2D eigenvalue weighted by atomic mass is 9.93. The maximum absolute atomic E-state index is 3.32. The van der Waals surface area contributed by atoms with Crippen LogP contribution in [-0.2, 0) is 0 Å². The van der Waals surface area contributed by atoms with Crippen molar-refractivity contribution in [2.45, 2.75) is 32.7 Å². The molecule has 1 unspecified atom stereocenters. The molecule has 0 spiro atoms. The molecule has 0 radical (unpaired) electrons. The van der Waals surface area contributed by atoms with Gasteiger partial charge in [0, 0.05) is 6.04 Å². The van der Waals surface area contributed by atoms with E-state index in [0.717, 1.165) is 0 Å². The first kappa shape index (κ1) is 13.8. The summed E-state index contributed by atoms with van der Waals surface area (Å²) in [5, 5.41) is 3.32. The summed E-state index contributed by atoms with van der Waals surface area (Å²) in [4.78, 5) is 0. The van der Waals surface area contributed by atoms with Gasteiger partial charge in [0.05, 0.1) is 0 Å². The fourth-order valence-corrected chi connectivity index (χ4v) is 2.34. The topological polar surface area (TPSA) is 12.0 Å². The molecule has 19 heavy (non-hydrogen) atoms. The van der Waals surface area contributed by atoms with Crippen molar-refractivity contribution < 1.29 is 0 Å². The molecule has 0 aliphatic carbocycles. The van der Waals surface area contributed by atoms with Gasteiger partial charge in [0.2, 0.25) is 0 Å². The number of hydrogen-bond acceptors (Lipinski definition) is 1. The molecular formula is C18H23N. The van der Waals surface area contributed by atoms with Gasteiger partial charge in [-0.25, -0.2) is 0 Å². The van der Waals surface area contributed by atoms with Gasteiger partial charge in [0.1, 0.15) is 0 Å². The summed E-state index contributed by atoms with van der Waals surface area (Å²) < 4.78 is 0. The third-order valence-corrected chi connectivity index (χ3v) is 3.75. The molecule has 0 fully saturated rings. The second-order valence-corrected chi connectivity index (χ2v) is 5.37. The first-order valence-corrected chi connectivity index (χ1v) is 7.00. The first-order chi connectivity index (χ1) is 9.13. The largest absolute Gasteiger partial charge is 0.313 e. The molecule has 1 heteroatoms. The Morgan fingerprint density at radius 3 is 2.05 bits per heavy atom. The minimum Gasteiger partial charge on any atom is -0.313 e. The molecule has 1 N–H and O–H groups in total. The Balaban J connectivity index is 2.41. The van der Waals surface area contributed by atoms with E-state index >= 15 is 0 Å². The number of rotatable bonds is 4. The molecule has 0 aliphatic rings. The molecule has 0 saturated heterocycles. The lowest BCUT2D eigenvalue weighted by molar-refractivity contribution is 0.654. The van der Waals surface area contributed by atoms with Crippen LogP contribution in [0.4, 0.5) is 0 Å². The lowest BCUT2D eigenvalue weighted by Gasteiger charge is -2.16. The van der Waals surface area contributed by atoms with Gasteiger partial charge < -0.3 is 5.32 Å². The van der Waals surface area contributed by atoms with Crippen molar-refractivity contribution in [3.05, 3.63) is 59.7 Å². The Hall–Kier alpha value is -1.60. The first-order valence-electron chi connectivity index (χ1n) is 7.00. The summed E-state index contributed by atoms with van der Waals surface area (Å²) in [6, 6.07) is 17.9. The van der Waals surface area contributed by atoms with E-state index in [1.165, 1.54) is 22.3 Å². The highest BCUT2D eigenvalue weighted by atomic mass is 14.9. The van der Waals surface area contributed by atoms with E-state index in [2.05, 4.69) is 74.6 Å². The normalized spacial score (nSPS) is 12.7. The minimum atomic E-state index is 0.362. The minimum absolute atomic E-state index is 0.362. The van der Waals surface area contributed by atoms with Crippen LogP contribution in [0, 0.1) is 0 Å². The van der Waals surface area contributed by atoms with Crippen molar-refractivity contribution in [3.8, 4) is 11.1 Å². The van der Waals surface area contributed by atoms with Gasteiger partial charge in [-0.05, 0) is 42.1 Å². The SMILES string of the molecule is CNC(C)c1ccccc1-c1ccc(C(C)C)cc1. The average molecular weight is 253 g/mol. The van der Waals surface area contributed by atoms with E-state index in [0.29, 0.717) is 12.0 Å². The second kappa shape index (κ2) is 6.03. The maximum Gasteiger partial charge on any atom is 0.0295 e. The van der Waals surface area contributed by atoms with Gasteiger partial charge in [-0.3, -0.25) is 0 Å². The standard InChI is InChI=1S/C18H23N/c1-13(2)15-9-11-16(12-10-15)18-8-6-5-7-17(18)14(3)19-4/h5-14,19H,1-4H3. The van der Waals surface area contributed by atoms with Crippen LogP contribution in [0.1, 0.15) is 43.9 Å². The molecule has 2 aromatic carbocycles. The van der Waals surface area contributed by atoms with E-state index in [1.807, 2.05) is 7.05 Å². The zero-order valence-corrected chi connectivity index (χ0v) is 12.3. The zero-order chi connectivity index (χ0) is 13.8. The molecule has 0 aliphatic heterocycles. The van der Waals surface area contributed by atoms with Crippen LogP contribution in [0.2, 0.25) is 0 Å². The predicted octanol–water partition coefficient (Wildman–Crippen LogP) is 4.76. The predicted molar refractivity (Wildman–Crippen MR) is 83.4 cm³/mol. The van der Waals surface area contributed by atoms with Crippen molar-refractivity contribution >= 4 is 0 Å². The van der Waals surface area contributed by atoms with Crippen LogP contribution >= 0.6 is 0 Å². The molecule has 2 aromatic rings. The molecule has 0 saturated carbocycles. The summed E-state index contributed by atoms with van der Waals surface area (Å²) in [6.45, 7) is 6.65. The summed E-state index contributed by atoms with van der Waals surface area (Å²) in [6.07, 6.45) is 0. The Labute approximate surface area is 116 Å². The Morgan fingerprint density at radius 2 is 1.47 bits per heavy atom.